The van der Waals surface area contributed by atoms with E-state index in [1.165, 1.54) is 22.3 Å². The van der Waals surface area contributed by atoms with E-state index in [0.717, 1.165) is 75.8 Å². The number of hydrogen-bond donors (Lipinski definition) is 4. The fourth-order valence-electron chi connectivity index (χ4n) is 5.74. The third kappa shape index (κ3) is 4.65. The Kier molecular flexibility index (Phi) is 7.49. The van der Waals surface area contributed by atoms with Crippen molar-refractivity contribution in [1.29, 1.82) is 0 Å². The first-order valence-electron chi connectivity index (χ1n) is 13.5. The minimum Gasteiger partial charge on any atom is -0.494 e. The predicted molar refractivity (Wildman–Crippen MR) is 152 cm³/mol. The zero-order chi connectivity index (χ0) is 27.0. The number of aromatic amines is 2. The van der Waals surface area contributed by atoms with Crippen LogP contribution in [0, 0.1) is 13.8 Å². The Morgan fingerprint density at radius 3 is 2.14 bits per heavy atom. The molecule has 0 aliphatic carbocycles. The van der Waals surface area contributed by atoms with Gasteiger partial charge in [-0.2, -0.15) is 0 Å². The number of nitrogens with zero attached hydrogens (tertiary/aromatic N) is 1. The minimum absolute atomic E-state index is 0.00996. The second-order valence-corrected chi connectivity index (χ2v) is 10.0. The number of rotatable bonds is 7. The van der Waals surface area contributed by atoms with E-state index < -0.39 is 0 Å². The maximum atomic E-state index is 12.2. The van der Waals surface area contributed by atoms with Crippen molar-refractivity contribution in [2.75, 3.05) is 0 Å². The fourth-order valence-corrected chi connectivity index (χ4v) is 5.74. The van der Waals surface area contributed by atoms with E-state index in [1.54, 1.807) is 0 Å². The Balaban J connectivity index is 1.81. The third-order valence-corrected chi connectivity index (χ3v) is 8.02. The molecule has 2 aliphatic heterocycles. The van der Waals surface area contributed by atoms with Gasteiger partial charge in [0, 0.05) is 33.2 Å². The van der Waals surface area contributed by atoms with Gasteiger partial charge in [-0.05, 0) is 105 Å². The first-order valence-corrected chi connectivity index (χ1v) is 13.5. The molecule has 6 nitrogen and oxygen atoms in total. The van der Waals surface area contributed by atoms with Gasteiger partial charge in [0.05, 0.1) is 11.8 Å². The Morgan fingerprint density at radius 1 is 0.838 bits per heavy atom. The van der Waals surface area contributed by atoms with Crippen LogP contribution in [-0.4, -0.2) is 32.7 Å². The van der Waals surface area contributed by atoms with Crippen molar-refractivity contribution in [3.05, 3.63) is 72.7 Å². The lowest BCUT2D eigenvalue weighted by Crippen LogP contribution is -2.17. The van der Waals surface area contributed by atoms with Gasteiger partial charge >= 0.3 is 0 Å². The Labute approximate surface area is 219 Å². The molecule has 196 valence electrons. The van der Waals surface area contributed by atoms with Crippen LogP contribution < -0.4 is 16.0 Å². The maximum Gasteiger partial charge on any atom is 0.251 e. The lowest BCUT2D eigenvalue weighted by molar-refractivity contribution is -0.116. The zero-order valence-electron chi connectivity index (χ0n) is 23.4. The summed E-state index contributed by atoms with van der Waals surface area (Å²) in [5, 5.41) is 15.4. The van der Waals surface area contributed by atoms with Crippen molar-refractivity contribution in [3.8, 4) is 5.88 Å². The summed E-state index contributed by atoms with van der Waals surface area (Å²) in [6.45, 7) is 16.7. The van der Waals surface area contributed by atoms with Crippen molar-refractivity contribution in [2.24, 2.45) is 4.99 Å². The number of hydrogen-bond acceptors (Lipinski definition) is 3. The number of carbonyl (C=O) groups is 1. The van der Waals surface area contributed by atoms with Gasteiger partial charge in [-0.25, -0.2) is 0 Å². The van der Waals surface area contributed by atoms with Crippen LogP contribution in [0.15, 0.2) is 39.1 Å². The smallest absolute Gasteiger partial charge is 0.251 e. The van der Waals surface area contributed by atoms with Gasteiger partial charge in [0.25, 0.3) is 5.91 Å². The Hall–Kier alpha value is -3.54. The van der Waals surface area contributed by atoms with E-state index in [9.17, 15) is 9.90 Å². The predicted octanol–water partition coefficient (Wildman–Crippen LogP) is 4.69. The lowest BCUT2D eigenvalue weighted by atomic mass is 9.98. The molecular formula is C31H40N4O2. The van der Waals surface area contributed by atoms with Crippen molar-refractivity contribution >= 4 is 23.8 Å². The number of nitrogens with one attached hydrogen (secondary N) is 3. The van der Waals surface area contributed by atoms with Crippen LogP contribution in [0.2, 0.25) is 0 Å². The number of amides is 1. The summed E-state index contributed by atoms with van der Waals surface area (Å²) in [5.41, 5.74) is 11.7. The van der Waals surface area contributed by atoms with Crippen molar-refractivity contribution < 1.29 is 9.90 Å². The average molecular weight is 501 g/mol. The van der Waals surface area contributed by atoms with Crippen LogP contribution in [0.1, 0.15) is 82.3 Å². The zero-order valence-corrected chi connectivity index (χ0v) is 23.4. The summed E-state index contributed by atoms with van der Waals surface area (Å²) < 4.78 is 0. The van der Waals surface area contributed by atoms with Gasteiger partial charge < -0.3 is 20.4 Å². The highest BCUT2D eigenvalue weighted by Gasteiger charge is 2.27. The van der Waals surface area contributed by atoms with Crippen LogP contribution in [0.25, 0.3) is 12.2 Å². The molecule has 6 heteroatoms. The SMILES string of the molecule is CCC1=C(C)C(/C=C2/NC(=O)C(C)=C2CC)N=C1/C=c1\[nH]/c(=C/c2[nH]c(O)c(C)c2CC)c(C)c1CC. The number of allylic oxidation sites excluding steroid dienone is 2. The van der Waals surface area contributed by atoms with Crippen LogP contribution in [0.5, 0.6) is 5.88 Å². The van der Waals surface area contributed by atoms with Crippen molar-refractivity contribution in [1.82, 2.24) is 15.3 Å². The standard InChI is InChI=1S/C31H40N4O2/c1-9-20-16(5)24(13-28-22(11-3)18(7)30(36)34-28)32-26(20)15-27-21(10-2)17(6)25(33-27)14-29-23(12-4)19(8)31(37)35-29/h13-15,24,33,35,37H,9-12H2,1-8H3,(H,34,36)/b25-14+,27-15-,28-13+. The highest BCUT2D eigenvalue weighted by molar-refractivity contribution is 6.22. The van der Waals surface area contributed by atoms with E-state index >= 15 is 0 Å². The summed E-state index contributed by atoms with van der Waals surface area (Å²) >= 11 is 0. The molecule has 2 aliphatic rings. The van der Waals surface area contributed by atoms with Crippen LogP contribution in [0.3, 0.4) is 0 Å². The van der Waals surface area contributed by atoms with E-state index in [0.29, 0.717) is 0 Å². The van der Waals surface area contributed by atoms with Crippen LogP contribution in [-0.2, 0) is 17.6 Å². The summed E-state index contributed by atoms with van der Waals surface area (Å²) in [4.78, 5) is 24.1. The molecular weight excluding hydrogens is 460 g/mol. The molecule has 2 aromatic heterocycles. The number of aromatic nitrogens is 2. The van der Waals surface area contributed by atoms with Gasteiger partial charge in [-0.15, -0.1) is 0 Å². The average Bonchev–Trinajstić information content (AvgIpc) is 3.51. The lowest BCUT2D eigenvalue weighted by Gasteiger charge is -2.08. The molecule has 4 N–H and O–H groups in total. The number of aliphatic imine (C=N–C) groups is 1. The highest BCUT2D eigenvalue weighted by atomic mass is 16.3. The summed E-state index contributed by atoms with van der Waals surface area (Å²) in [5.74, 6) is 0.224. The summed E-state index contributed by atoms with van der Waals surface area (Å²) in [6.07, 6.45) is 9.84. The van der Waals surface area contributed by atoms with E-state index in [2.05, 4.69) is 75.1 Å². The fraction of sp³-hybridized carbons (Fsp3) is 0.419. The van der Waals surface area contributed by atoms with Gasteiger partial charge in [0.2, 0.25) is 0 Å². The molecule has 0 bridgehead atoms. The van der Waals surface area contributed by atoms with E-state index in [4.69, 9.17) is 4.99 Å². The van der Waals surface area contributed by atoms with Crippen molar-refractivity contribution in [3.63, 3.8) is 0 Å². The number of carbonyl (C=O) groups excluding carboxylic acids is 1. The Morgan fingerprint density at radius 2 is 1.51 bits per heavy atom. The molecule has 0 saturated heterocycles. The number of H-pyrrole nitrogens is 2. The molecule has 4 heterocycles. The molecule has 1 atom stereocenters. The van der Waals surface area contributed by atoms with Gasteiger partial charge in [0.15, 0.2) is 5.88 Å². The first kappa shape index (κ1) is 26.5. The monoisotopic (exact) mass is 500 g/mol. The minimum atomic E-state index is -0.0897. The molecule has 0 saturated carbocycles. The van der Waals surface area contributed by atoms with Crippen molar-refractivity contribution in [2.45, 2.75) is 87.1 Å². The second-order valence-electron chi connectivity index (χ2n) is 10.0. The largest absolute Gasteiger partial charge is 0.494 e. The molecule has 37 heavy (non-hydrogen) atoms. The van der Waals surface area contributed by atoms with Gasteiger partial charge in [-0.3, -0.25) is 9.79 Å². The third-order valence-electron chi connectivity index (χ3n) is 8.02. The molecule has 2 aromatic rings. The first-order chi connectivity index (χ1) is 17.6. The molecule has 0 aromatic carbocycles. The van der Waals surface area contributed by atoms with Gasteiger partial charge in [-0.1, -0.05) is 27.7 Å². The second kappa shape index (κ2) is 10.4. The maximum absolute atomic E-state index is 12.2. The molecule has 0 fully saturated rings. The summed E-state index contributed by atoms with van der Waals surface area (Å²) in [7, 11) is 0. The molecule has 1 amide bonds. The normalized spacial score (nSPS) is 20.2. The molecule has 1 unspecified atom stereocenters. The topological polar surface area (TPSA) is 93.3 Å². The quantitative estimate of drug-likeness (QED) is 0.444. The van der Waals surface area contributed by atoms with Crippen LogP contribution in [0.4, 0.5) is 0 Å². The number of aromatic hydroxyl groups is 1. The van der Waals surface area contributed by atoms with E-state index in [-0.39, 0.29) is 17.8 Å². The van der Waals surface area contributed by atoms with E-state index in [1.807, 2.05) is 13.8 Å². The Bertz CT molecular complexity index is 1500. The highest BCUT2D eigenvalue weighted by Crippen LogP contribution is 2.30. The van der Waals surface area contributed by atoms with Crippen LogP contribution >= 0.6 is 0 Å². The molecule has 0 radical (unpaired) electrons. The molecule has 4 rings (SSSR count). The van der Waals surface area contributed by atoms with Gasteiger partial charge in [0.1, 0.15) is 0 Å². The summed E-state index contributed by atoms with van der Waals surface area (Å²) in [6, 6.07) is -0.0897. The molecule has 0 spiro atoms.